The van der Waals surface area contributed by atoms with Gasteiger partial charge in [-0.1, -0.05) is 19.8 Å². The summed E-state index contributed by atoms with van der Waals surface area (Å²) in [5.74, 6) is 1.51. The number of fused-ring (bicyclic) bond motifs is 1. The molecule has 0 spiro atoms. The van der Waals surface area contributed by atoms with Gasteiger partial charge in [0, 0.05) is 11.7 Å². The minimum Gasteiger partial charge on any atom is -0.399 e. The fourth-order valence-electron chi connectivity index (χ4n) is 3.45. The third kappa shape index (κ3) is 2.29. The topological polar surface area (TPSA) is 64.1 Å². The molecule has 1 aliphatic carbocycles. The van der Waals surface area contributed by atoms with E-state index < -0.39 is 6.10 Å². The van der Waals surface area contributed by atoms with E-state index in [1.165, 1.54) is 19.3 Å². The van der Waals surface area contributed by atoms with Crippen molar-refractivity contribution in [2.45, 2.75) is 51.7 Å². The van der Waals surface area contributed by atoms with E-state index >= 15 is 0 Å². The van der Waals surface area contributed by atoms with E-state index in [1.807, 2.05) is 18.2 Å². The predicted octanol–water partition coefficient (Wildman–Crippen LogP) is 3.42. The maximum Gasteiger partial charge on any atom is 0.138 e. The molecule has 0 aliphatic heterocycles. The Kier molecular flexibility index (Phi) is 3.42. The molecular formula is C16H23N3O. The summed E-state index contributed by atoms with van der Waals surface area (Å²) in [4.78, 5) is 4.61. The summed E-state index contributed by atoms with van der Waals surface area (Å²) in [6, 6.07) is 6.28. The highest BCUT2D eigenvalue weighted by molar-refractivity contribution is 5.80. The van der Waals surface area contributed by atoms with Crippen molar-refractivity contribution in [3.05, 3.63) is 24.0 Å². The average molecular weight is 273 g/mol. The fraction of sp³-hybridized carbons (Fsp3) is 0.562. The molecule has 0 amide bonds. The van der Waals surface area contributed by atoms with Crippen LogP contribution in [0.15, 0.2) is 18.2 Å². The summed E-state index contributed by atoms with van der Waals surface area (Å²) >= 11 is 0. The first kappa shape index (κ1) is 13.4. The number of hydrogen-bond donors (Lipinski definition) is 2. The predicted molar refractivity (Wildman–Crippen MR) is 81.4 cm³/mol. The summed E-state index contributed by atoms with van der Waals surface area (Å²) in [6.07, 6.45) is 4.33. The number of nitrogens with zero attached hydrogens (tertiary/aromatic N) is 2. The van der Waals surface area contributed by atoms with Gasteiger partial charge >= 0.3 is 0 Å². The van der Waals surface area contributed by atoms with E-state index in [0.29, 0.717) is 6.04 Å². The van der Waals surface area contributed by atoms with Crippen LogP contribution in [0.25, 0.3) is 11.0 Å². The van der Waals surface area contributed by atoms with Crippen molar-refractivity contribution >= 4 is 16.7 Å². The van der Waals surface area contributed by atoms with Gasteiger partial charge < -0.3 is 15.4 Å². The highest BCUT2D eigenvalue weighted by Gasteiger charge is 2.25. The Labute approximate surface area is 119 Å². The summed E-state index contributed by atoms with van der Waals surface area (Å²) in [5, 5.41) is 10.1. The van der Waals surface area contributed by atoms with Crippen LogP contribution in [-0.2, 0) is 0 Å². The largest absolute Gasteiger partial charge is 0.399 e. The van der Waals surface area contributed by atoms with Crippen molar-refractivity contribution in [2.24, 2.45) is 5.92 Å². The normalized spacial score (nSPS) is 24.9. The second-order valence-electron chi connectivity index (χ2n) is 6.19. The Balaban J connectivity index is 2.13. The molecule has 1 aromatic carbocycles. The smallest absolute Gasteiger partial charge is 0.138 e. The fourth-order valence-corrected chi connectivity index (χ4v) is 3.45. The maximum atomic E-state index is 10.1. The zero-order chi connectivity index (χ0) is 14.3. The molecule has 3 atom stereocenters. The van der Waals surface area contributed by atoms with Gasteiger partial charge in [0.25, 0.3) is 0 Å². The van der Waals surface area contributed by atoms with Crippen molar-refractivity contribution in [1.82, 2.24) is 9.55 Å². The third-order valence-corrected chi connectivity index (χ3v) is 4.39. The summed E-state index contributed by atoms with van der Waals surface area (Å²) in [5.41, 5.74) is 8.55. The van der Waals surface area contributed by atoms with Crippen molar-refractivity contribution in [2.75, 3.05) is 5.73 Å². The molecule has 0 bridgehead atoms. The number of aromatic nitrogens is 2. The second-order valence-corrected chi connectivity index (χ2v) is 6.19. The zero-order valence-electron chi connectivity index (χ0n) is 12.2. The number of anilines is 1. The van der Waals surface area contributed by atoms with E-state index in [2.05, 4.69) is 16.5 Å². The molecule has 3 N–H and O–H groups in total. The molecule has 3 unspecified atom stereocenters. The summed E-state index contributed by atoms with van der Waals surface area (Å²) in [7, 11) is 0. The maximum absolute atomic E-state index is 10.1. The van der Waals surface area contributed by atoms with Crippen LogP contribution in [0.2, 0.25) is 0 Å². The first-order chi connectivity index (χ1) is 9.56. The van der Waals surface area contributed by atoms with Gasteiger partial charge in [0.15, 0.2) is 0 Å². The minimum absolute atomic E-state index is 0.442. The lowest BCUT2D eigenvalue weighted by atomic mass is 9.86. The zero-order valence-corrected chi connectivity index (χ0v) is 12.2. The van der Waals surface area contributed by atoms with Gasteiger partial charge in [0.05, 0.1) is 11.0 Å². The number of aliphatic hydroxyl groups excluding tert-OH is 1. The molecule has 0 saturated heterocycles. The van der Waals surface area contributed by atoms with Crippen LogP contribution in [0.1, 0.15) is 57.5 Å². The Morgan fingerprint density at radius 1 is 1.40 bits per heavy atom. The quantitative estimate of drug-likeness (QED) is 0.824. The highest BCUT2D eigenvalue weighted by atomic mass is 16.3. The van der Waals surface area contributed by atoms with Gasteiger partial charge in [0.2, 0.25) is 0 Å². The summed E-state index contributed by atoms with van der Waals surface area (Å²) < 4.78 is 2.25. The molecule has 1 fully saturated rings. The second kappa shape index (κ2) is 5.09. The number of nitrogens with two attached hydrogens (primary N) is 1. The van der Waals surface area contributed by atoms with E-state index in [4.69, 9.17) is 5.73 Å². The monoisotopic (exact) mass is 273 g/mol. The molecule has 4 nitrogen and oxygen atoms in total. The molecule has 1 saturated carbocycles. The van der Waals surface area contributed by atoms with Crippen LogP contribution >= 0.6 is 0 Å². The van der Waals surface area contributed by atoms with Gasteiger partial charge in [-0.25, -0.2) is 4.98 Å². The molecule has 3 rings (SSSR count). The van der Waals surface area contributed by atoms with Crippen LogP contribution in [-0.4, -0.2) is 14.7 Å². The Morgan fingerprint density at radius 3 is 2.90 bits per heavy atom. The van der Waals surface area contributed by atoms with E-state index in [9.17, 15) is 5.11 Å². The van der Waals surface area contributed by atoms with Gasteiger partial charge in [-0.15, -0.1) is 0 Å². The van der Waals surface area contributed by atoms with E-state index in [1.54, 1.807) is 6.92 Å². The number of hydrogen-bond acceptors (Lipinski definition) is 3. The molecule has 4 heteroatoms. The van der Waals surface area contributed by atoms with Gasteiger partial charge in [-0.2, -0.15) is 0 Å². The first-order valence-corrected chi connectivity index (χ1v) is 7.51. The molecule has 2 aromatic rings. The van der Waals surface area contributed by atoms with Gasteiger partial charge in [-0.3, -0.25) is 0 Å². The molecule has 0 radical (unpaired) electrons. The van der Waals surface area contributed by atoms with Crippen molar-refractivity contribution in [3.8, 4) is 0 Å². The van der Waals surface area contributed by atoms with Crippen LogP contribution in [0.3, 0.4) is 0 Å². The Bertz CT molecular complexity index is 617. The van der Waals surface area contributed by atoms with Crippen LogP contribution in [0.4, 0.5) is 5.69 Å². The number of imidazole rings is 1. The number of benzene rings is 1. The van der Waals surface area contributed by atoms with Crippen LogP contribution in [0.5, 0.6) is 0 Å². The Morgan fingerprint density at radius 2 is 2.20 bits per heavy atom. The number of aliphatic hydroxyl groups is 1. The molecule has 1 aromatic heterocycles. The lowest BCUT2D eigenvalue weighted by Gasteiger charge is -2.30. The third-order valence-electron chi connectivity index (χ3n) is 4.39. The highest BCUT2D eigenvalue weighted by Crippen LogP contribution is 2.36. The molecular weight excluding hydrogens is 250 g/mol. The molecule has 1 aliphatic rings. The first-order valence-electron chi connectivity index (χ1n) is 7.51. The average Bonchev–Trinajstić information content (AvgIpc) is 2.77. The van der Waals surface area contributed by atoms with E-state index in [-0.39, 0.29) is 0 Å². The molecule has 1 heterocycles. The van der Waals surface area contributed by atoms with E-state index in [0.717, 1.165) is 34.9 Å². The molecule has 108 valence electrons. The van der Waals surface area contributed by atoms with Gasteiger partial charge in [-0.05, 0) is 43.9 Å². The summed E-state index contributed by atoms with van der Waals surface area (Å²) in [6.45, 7) is 4.10. The van der Waals surface area contributed by atoms with Crippen molar-refractivity contribution < 1.29 is 5.11 Å². The SMILES string of the molecule is CC1CCCC(n2c(C(C)O)nc3cc(N)ccc32)C1. The lowest BCUT2D eigenvalue weighted by molar-refractivity contribution is 0.174. The number of nitrogen functional groups attached to an aromatic ring is 1. The number of rotatable bonds is 2. The standard InChI is InChI=1S/C16H23N3O/c1-10-4-3-5-13(8-10)19-15-7-6-12(17)9-14(15)18-16(19)11(2)20/h6-7,9-11,13,20H,3-5,8,17H2,1-2H3. The van der Waals surface area contributed by atoms with Crippen molar-refractivity contribution in [3.63, 3.8) is 0 Å². The van der Waals surface area contributed by atoms with Gasteiger partial charge in [0.1, 0.15) is 11.9 Å². The van der Waals surface area contributed by atoms with Crippen LogP contribution < -0.4 is 5.73 Å². The van der Waals surface area contributed by atoms with Crippen molar-refractivity contribution in [1.29, 1.82) is 0 Å². The minimum atomic E-state index is -0.555. The molecule has 20 heavy (non-hydrogen) atoms. The lowest BCUT2D eigenvalue weighted by Crippen LogP contribution is -2.20. The Hall–Kier alpha value is -1.55. The van der Waals surface area contributed by atoms with Crippen LogP contribution in [0, 0.1) is 5.92 Å².